The maximum absolute atomic E-state index is 9.23. The predicted octanol–water partition coefficient (Wildman–Crippen LogP) is 1.01. The number of aromatic hydroxyl groups is 1. The lowest BCUT2D eigenvalue weighted by atomic mass is 10.4. The van der Waals surface area contributed by atoms with Gasteiger partial charge in [-0.2, -0.15) is 0 Å². The second-order valence-electron chi connectivity index (χ2n) is 2.55. The molecule has 12 heavy (non-hydrogen) atoms. The summed E-state index contributed by atoms with van der Waals surface area (Å²) in [6, 6.07) is 3.21. The molecular weight excluding hydrogens is 154 g/mol. The molecular formula is C8H11N3O. The van der Waals surface area contributed by atoms with Crippen LogP contribution in [-0.4, -0.2) is 35.4 Å². The number of hydrogen-bond acceptors (Lipinski definition) is 3. The molecule has 1 aromatic rings. The first-order chi connectivity index (χ1) is 5.70. The molecule has 0 aliphatic carbocycles. The Morgan fingerprint density at radius 3 is 2.92 bits per heavy atom. The van der Waals surface area contributed by atoms with Gasteiger partial charge in [-0.1, -0.05) is 0 Å². The average molecular weight is 165 g/mol. The van der Waals surface area contributed by atoms with Crippen LogP contribution in [0.25, 0.3) is 0 Å². The normalized spacial score (nSPS) is 10.5. The van der Waals surface area contributed by atoms with Crippen molar-refractivity contribution in [2.45, 2.75) is 0 Å². The second kappa shape index (κ2) is 3.71. The van der Waals surface area contributed by atoms with Gasteiger partial charge in [0.25, 0.3) is 0 Å². The Hall–Kier alpha value is -1.58. The van der Waals surface area contributed by atoms with Crippen molar-refractivity contribution < 1.29 is 5.11 Å². The maximum Gasteiger partial charge on any atom is 0.196 e. The van der Waals surface area contributed by atoms with Crippen LogP contribution >= 0.6 is 0 Å². The van der Waals surface area contributed by atoms with Gasteiger partial charge in [-0.05, 0) is 12.1 Å². The van der Waals surface area contributed by atoms with Crippen LogP contribution < -0.4 is 0 Å². The summed E-state index contributed by atoms with van der Waals surface area (Å²) < 4.78 is 0. The summed E-state index contributed by atoms with van der Waals surface area (Å²) >= 11 is 0. The first kappa shape index (κ1) is 8.52. The fraction of sp³-hybridized carbons (Fsp3) is 0.250. The summed E-state index contributed by atoms with van der Waals surface area (Å²) in [5.41, 5.74) is 0. The topological polar surface area (TPSA) is 48.7 Å². The maximum atomic E-state index is 9.23. The molecule has 0 radical (unpaired) electrons. The van der Waals surface area contributed by atoms with Gasteiger partial charge in [0.2, 0.25) is 0 Å². The minimum absolute atomic E-state index is 0.0931. The van der Waals surface area contributed by atoms with Crippen molar-refractivity contribution >= 4 is 12.2 Å². The minimum Gasteiger partial charge on any atom is -0.504 e. The highest BCUT2D eigenvalue weighted by atomic mass is 16.3. The molecule has 1 N–H and O–H groups in total. The summed E-state index contributed by atoms with van der Waals surface area (Å²) in [6.45, 7) is 0. The van der Waals surface area contributed by atoms with Gasteiger partial charge in [0.15, 0.2) is 11.6 Å². The van der Waals surface area contributed by atoms with Crippen molar-refractivity contribution in [1.29, 1.82) is 0 Å². The van der Waals surface area contributed by atoms with Gasteiger partial charge < -0.3 is 10.0 Å². The van der Waals surface area contributed by atoms with E-state index in [1.54, 1.807) is 29.6 Å². The molecule has 0 aliphatic heterocycles. The number of aromatic nitrogens is 1. The summed E-state index contributed by atoms with van der Waals surface area (Å²) in [7, 11) is 3.70. The number of nitrogens with zero attached hydrogens (tertiary/aromatic N) is 3. The Morgan fingerprint density at radius 2 is 2.33 bits per heavy atom. The molecule has 0 fully saturated rings. The van der Waals surface area contributed by atoms with Crippen LogP contribution in [0, 0.1) is 0 Å². The van der Waals surface area contributed by atoms with E-state index in [1.807, 2.05) is 14.1 Å². The molecule has 64 valence electrons. The van der Waals surface area contributed by atoms with Crippen molar-refractivity contribution in [3.05, 3.63) is 18.3 Å². The third kappa shape index (κ3) is 2.23. The van der Waals surface area contributed by atoms with E-state index in [1.165, 1.54) is 0 Å². The van der Waals surface area contributed by atoms with Gasteiger partial charge in [-0.15, -0.1) is 0 Å². The number of aliphatic imine (C=N–C) groups is 1. The molecule has 1 rings (SSSR count). The first-order valence-electron chi connectivity index (χ1n) is 3.55. The van der Waals surface area contributed by atoms with Gasteiger partial charge in [-0.3, -0.25) is 0 Å². The zero-order valence-corrected chi connectivity index (χ0v) is 7.10. The minimum atomic E-state index is 0.0931. The lowest BCUT2D eigenvalue weighted by Crippen LogP contribution is -2.07. The average Bonchev–Trinajstić information content (AvgIpc) is 2.03. The molecule has 1 heterocycles. The second-order valence-corrected chi connectivity index (χ2v) is 2.55. The lowest BCUT2D eigenvalue weighted by Gasteiger charge is -2.02. The monoisotopic (exact) mass is 165 g/mol. The van der Waals surface area contributed by atoms with Crippen molar-refractivity contribution in [2.75, 3.05) is 14.1 Å². The predicted molar refractivity (Wildman–Crippen MR) is 47.7 cm³/mol. The van der Waals surface area contributed by atoms with Crippen molar-refractivity contribution in [1.82, 2.24) is 9.88 Å². The molecule has 0 saturated heterocycles. The molecule has 0 spiro atoms. The Labute approximate surface area is 71.2 Å². The third-order valence-electron chi connectivity index (χ3n) is 1.18. The zero-order valence-electron chi connectivity index (χ0n) is 7.10. The standard InChI is InChI=1S/C8H11N3O/c1-11(2)6-10-8-7(12)4-3-5-9-8/h3-6,12H,1-2H3/b10-6+. The molecule has 0 aromatic carbocycles. The van der Waals surface area contributed by atoms with Gasteiger partial charge in [0.05, 0.1) is 6.34 Å². The van der Waals surface area contributed by atoms with E-state index in [2.05, 4.69) is 9.98 Å². The van der Waals surface area contributed by atoms with E-state index in [0.717, 1.165) is 0 Å². The van der Waals surface area contributed by atoms with Crippen molar-refractivity contribution in [3.8, 4) is 5.75 Å². The number of hydrogen-bond donors (Lipinski definition) is 1. The zero-order chi connectivity index (χ0) is 8.97. The van der Waals surface area contributed by atoms with Crippen LogP contribution in [0.1, 0.15) is 0 Å². The number of rotatable bonds is 2. The first-order valence-corrected chi connectivity index (χ1v) is 3.55. The highest BCUT2D eigenvalue weighted by Crippen LogP contribution is 2.20. The van der Waals surface area contributed by atoms with Crippen LogP contribution in [0.5, 0.6) is 5.75 Å². The molecule has 0 unspecified atom stereocenters. The van der Waals surface area contributed by atoms with E-state index in [9.17, 15) is 5.11 Å². The van der Waals surface area contributed by atoms with E-state index in [4.69, 9.17) is 0 Å². The summed E-state index contributed by atoms with van der Waals surface area (Å²) in [6.07, 6.45) is 3.17. The van der Waals surface area contributed by atoms with E-state index >= 15 is 0 Å². The molecule has 1 aromatic heterocycles. The molecule has 4 heteroatoms. The Balaban J connectivity index is 2.82. The molecule has 0 amide bonds. The lowest BCUT2D eigenvalue weighted by molar-refractivity contribution is 0.474. The highest BCUT2D eigenvalue weighted by molar-refractivity contribution is 5.61. The number of pyridine rings is 1. The van der Waals surface area contributed by atoms with Crippen molar-refractivity contribution in [3.63, 3.8) is 0 Å². The Kier molecular flexibility index (Phi) is 2.63. The van der Waals surface area contributed by atoms with E-state index < -0.39 is 0 Å². The molecule has 0 saturated carbocycles. The highest BCUT2D eigenvalue weighted by Gasteiger charge is 1.95. The van der Waals surface area contributed by atoms with Crippen LogP contribution in [-0.2, 0) is 0 Å². The third-order valence-corrected chi connectivity index (χ3v) is 1.18. The molecule has 0 atom stereocenters. The Morgan fingerprint density at radius 1 is 1.58 bits per heavy atom. The quantitative estimate of drug-likeness (QED) is 0.525. The smallest absolute Gasteiger partial charge is 0.196 e. The SMILES string of the molecule is CN(C)/C=N/c1ncccc1O. The van der Waals surface area contributed by atoms with Crippen LogP contribution in [0.3, 0.4) is 0 Å². The Bertz CT molecular complexity index is 283. The van der Waals surface area contributed by atoms with E-state index in [-0.39, 0.29) is 5.75 Å². The van der Waals surface area contributed by atoms with Gasteiger partial charge in [0.1, 0.15) is 0 Å². The van der Waals surface area contributed by atoms with Crippen LogP contribution in [0.4, 0.5) is 5.82 Å². The van der Waals surface area contributed by atoms with E-state index in [0.29, 0.717) is 5.82 Å². The summed E-state index contributed by atoms with van der Waals surface area (Å²) in [5, 5.41) is 9.23. The summed E-state index contributed by atoms with van der Waals surface area (Å²) in [5.74, 6) is 0.432. The fourth-order valence-corrected chi connectivity index (χ4v) is 0.658. The van der Waals surface area contributed by atoms with Crippen molar-refractivity contribution in [2.24, 2.45) is 4.99 Å². The molecule has 4 nitrogen and oxygen atoms in total. The molecule has 0 bridgehead atoms. The largest absolute Gasteiger partial charge is 0.504 e. The summed E-state index contributed by atoms with van der Waals surface area (Å²) in [4.78, 5) is 9.59. The fourth-order valence-electron chi connectivity index (χ4n) is 0.658. The van der Waals surface area contributed by atoms with Gasteiger partial charge >= 0.3 is 0 Å². The van der Waals surface area contributed by atoms with Gasteiger partial charge in [0, 0.05) is 20.3 Å². The van der Waals surface area contributed by atoms with Crippen LogP contribution in [0.2, 0.25) is 0 Å². The molecule has 0 aliphatic rings. The van der Waals surface area contributed by atoms with Crippen LogP contribution in [0.15, 0.2) is 23.3 Å². The van der Waals surface area contributed by atoms with Gasteiger partial charge in [-0.25, -0.2) is 9.98 Å².